The summed E-state index contributed by atoms with van der Waals surface area (Å²) in [4.78, 5) is 17.5. The van der Waals surface area contributed by atoms with E-state index in [0.717, 1.165) is 5.56 Å². The molecule has 4 rings (SSSR count). The van der Waals surface area contributed by atoms with Crippen molar-refractivity contribution in [3.63, 3.8) is 0 Å². The van der Waals surface area contributed by atoms with Gasteiger partial charge in [-0.3, -0.25) is 9.79 Å². The molecule has 2 aliphatic rings. The number of hydrogen-bond acceptors (Lipinski definition) is 4. The van der Waals surface area contributed by atoms with Crippen molar-refractivity contribution in [1.29, 1.82) is 0 Å². The number of piperidine rings is 1. The van der Waals surface area contributed by atoms with Gasteiger partial charge in [0, 0.05) is 36.5 Å². The largest absolute Gasteiger partial charge is 0.326 e. The molecule has 1 fully saturated rings. The standard InChI is InChI=1S/C23H26ClN3O3S/c1-22(2,3)17-7-9-19(10-8-17)31(29,30)27-13-11-23(12-14-27)25-20(21(28)26-23)16-5-4-6-18(24)15-16/h4-10,15H,11-14H2,1-3H3,(H,26,28). The molecule has 0 unspecified atom stereocenters. The predicted molar refractivity (Wildman–Crippen MR) is 122 cm³/mol. The molecule has 0 saturated carbocycles. The first-order valence-electron chi connectivity index (χ1n) is 10.3. The van der Waals surface area contributed by atoms with Crippen LogP contribution in [0.1, 0.15) is 44.7 Å². The molecule has 1 amide bonds. The van der Waals surface area contributed by atoms with Gasteiger partial charge in [-0.25, -0.2) is 8.42 Å². The monoisotopic (exact) mass is 459 g/mol. The normalized spacial score (nSPS) is 19.4. The van der Waals surface area contributed by atoms with Crippen molar-refractivity contribution in [2.45, 2.75) is 49.6 Å². The molecule has 0 radical (unpaired) electrons. The lowest BCUT2D eigenvalue weighted by Crippen LogP contribution is -2.52. The van der Waals surface area contributed by atoms with Crippen molar-refractivity contribution >= 4 is 33.2 Å². The Balaban J connectivity index is 1.51. The van der Waals surface area contributed by atoms with E-state index in [0.29, 0.717) is 29.1 Å². The number of aliphatic imine (C=N–C) groups is 1. The highest BCUT2D eigenvalue weighted by Crippen LogP contribution is 2.32. The molecule has 0 aliphatic carbocycles. The maximum atomic E-state index is 13.1. The minimum absolute atomic E-state index is 0.0425. The van der Waals surface area contributed by atoms with Crippen LogP contribution < -0.4 is 5.32 Å². The Kier molecular flexibility index (Phi) is 5.48. The number of amides is 1. The fourth-order valence-electron chi connectivity index (χ4n) is 4.00. The molecule has 1 saturated heterocycles. The zero-order valence-electron chi connectivity index (χ0n) is 17.9. The van der Waals surface area contributed by atoms with E-state index >= 15 is 0 Å². The Morgan fingerprint density at radius 2 is 1.71 bits per heavy atom. The van der Waals surface area contributed by atoms with Gasteiger partial charge in [-0.15, -0.1) is 0 Å². The second kappa shape index (κ2) is 7.73. The van der Waals surface area contributed by atoms with Gasteiger partial charge in [0.05, 0.1) is 4.90 Å². The highest BCUT2D eigenvalue weighted by atomic mass is 35.5. The van der Waals surface area contributed by atoms with Crippen LogP contribution in [-0.4, -0.2) is 43.1 Å². The van der Waals surface area contributed by atoms with E-state index in [4.69, 9.17) is 11.6 Å². The van der Waals surface area contributed by atoms with E-state index in [-0.39, 0.29) is 29.3 Å². The van der Waals surface area contributed by atoms with E-state index in [9.17, 15) is 13.2 Å². The van der Waals surface area contributed by atoms with Crippen molar-refractivity contribution in [1.82, 2.24) is 9.62 Å². The number of benzene rings is 2. The lowest BCUT2D eigenvalue weighted by atomic mass is 9.87. The molecule has 0 bridgehead atoms. The van der Waals surface area contributed by atoms with Crippen molar-refractivity contribution < 1.29 is 13.2 Å². The lowest BCUT2D eigenvalue weighted by molar-refractivity contribution is -0.115. The molecule has 1 N–H and O–H groups in total. The van der Waals surface area contributed by atoms with E-state index < -0.39 is 15.7 Å². The van der Waals surface area contributed by atoms with Gasteiger partial charge >= 0.3 is 0 Å². The fourth-order valence-corrected chi connectivity index (χ4v) is 5.64. The summed E-state index contributed by atoms with van der Waals surface area (Å²) in [5.41, 5.74) is 1.28. The van der Waals surface area contributed by atoms with Gasteiger partial charge in [0.1, 0.15) is 11.4 Å². The molecule has 164 valence electrons. The minimum Gasteiger partial charge on any atom is -0.326 e. The average Bonchev–Trinajstić information content (AvgIpc) is 3.03. The first-order valence-corrected chi connectivity index (χ1v) is 12.1. The molecule has 2 aromatic carbocycles. The van der Waals surface area contributed by atoms with Crippen LogP contribution in [0.5, 0.6) is 0 Å². The third-order valence-corrected chi connectivity index (χ3v) is 8.04. The van der Waals surface area contributed by atoms with E-state index in [1.807, 2.05) is 12.1 Å². The molecule has 2 aromatic rings. The predicted octanol–water partition coefficient (Wildman–Crippen LogP) is 3.74. The van der Waals surface area contributed by atoms with Gasteiger partial charge in [0.2, 0.25) is 10.0 Å². The number of carbonyl (C=O) groups excluding carboxylic acids is 1. The first kappa shape index (κ1) is 22.0. The first-order chi connectivity index (χ1) is 14.5. The average molecular weight is 460 g/mol. The maximum absolute atomic E-state index is 13.1. The molecule has 6 nitrogen and oxygen atoms in total. The number of carbonyl (C=O) groups is 1. The summed E-state index contributed by atoms with van der Waals surface area (Å²) < 4.78 is 27.7. The molecular formula is C23H26ClN3O3S. The number of hydrogen-bond donors (Lipinski definition) is 1. The minimum atomic E-state index is -3.60. The molecule has 0 atom stereocenters. The second-order valence-electron chi connectivity index (χ2n) is 9.13. The molecule has 1 spiro atoms. The van der Waals surface area contributed by atoms with Crippen LogP contribution >= 0.6 is 11.6 Å². The van der Waals surface area contributed by atoms with Gasteiger partial charge in [-0.2, -0.15) is 4.31 Å². The molecule has 2 aliphatic heterocycles. The van der Waals surface area contributed by atoms with Crippen molar-refractivity contribution in [3.8, 4) is 0 Å². The molecule has 8 heteroatoms. The fraction of sp³-hybridized carbons (Fsp3) is 0.391. The Hall–Kier alpha value is -2.22. The summed E-state index contributed by atoms with van der Waals surface area (Å²) in [5.74, 6) is -0.253. The Bertz CT molecular complexity index is 1140. The second-order valence-corrected chi connectivity index (χ2v) is 11.5. The smallest absolute Gasteiger partial charge is 0.272 e. The van der Waals surface area contributed by atoms with Crippen LogP contribution in [0.3, 0.4) is 0 Å². The van der Waals surface area contributed by atoms with E-state index in [1.165, 1.54) is 4.31 Å². The lowest BCUT2D eigenvalue weighted by Gasteiger charge is -2.36. The van der Waals surface area contributed by atoms with Crippen LogP contribution in [0, 0.1) is 0 Å². The third kappa shape index (κ3) is 4.27. The number of sulfonamides is 1. The molecule has 31 heavy (non-hydrogen) atoms. The Labute approximate surface area is 188 Å². The summed E-state index contributed by atoms with van der Waals surface area (Å²) in [6.45, 7) is 6.85. The summed E-state index contributed by atoms with van der Waals surface area (Å²) in [6.07, 6.45) is 0.838. The summed E-state index contributed by atoms with van der Waals surface area (Å²) in [5, 5.41) is 3.50. The third-order valence-electron chi connectivity index (χ3n) is 5.89. The van der Waals surface area contributed by atoms with Gasteiger partial charge in [-0.1, -0.05) is 56.6 Å². The van der Waals surface area contributed by atoms with Crippen LogP contribution in [0.4, 0.5) is 0 Å². The molecule has 2 heterocycles. The Morgan fingerprint density at radius 1 is 1.06 bits per heavy atom. The molecular weight excluding hydrogens is 434 g/mol. The topological polar surface area (TPSA) is 78.8 Å². The van der Waals surface area contributed by atoms with Gasteiger partial charge in [0.25, 0.3) is 5.91 Å². The summed E-state index contributed by atoms with van der Waals surface area (Å²) in [7, 11) is -3.60. The van der Waals surface area contributed by atoms with Crippen molar-refractivity contribution in [2.75, 3.05) is 13.1 Å². The SMILES string of the molecule is CC(C)(C)c1ccc(S(=O)(=O)N2CCC3(CC2)N=C(c2cccc(Cl)c2)C(=O)N3)cc1. The Morgan fingerprint density at radius 3 is 2.29 bits per heavy atom. The van der Waals surface area contributed by atoms with Crippen molar-refractivity contribution in [2.24, 2.45) is 4.99 Å². The van der Waals surface area contributed by atoms with Crippen LogP contribution in [0.15, 0.2) is 58.4 Å². The zero-order valence-corrected chi connectivity index (χ0v) is 19.4. The van der Waals surface area contributed by atoms with Crippen LogP contribution in [0.25, 0.3) is 0 Å². The van der Waals surface area contributed by atoms with Crippen LogP contribution in [0.2, 0.25) is 5.02 Å². The van der Waals surface area contributed by atoms with Gasteiger partial charge < -0.3 is 5.32 Å². The number of nitrogens with one attached hydrogen (secondary N) is 1. The molecule has 0 aromatic heterocycles. The number of rotatable bonds is 3. The van der Waals surface area contributed by atoms with Gasteiger partial charge in [0.15, 0.2) is 0 Å². The van der Waals surface area contributed by atoms with E-state index in [2.05, 4.69) is 31.1 Å². The summed E-state index contributed by atoms with van der Waals surface area (Å²) >= 11 is 6.05. The quantitative estimate of drug-likeness (QED) is 0.759. The van der Waals surface area contributed by atoms with Crippen LogP contribution in [-0.2, 0) is 20.2 Å². The highest BCUT2D eigenvalue weighted by molar-refractivity contribution is 7.89. The number of halogens is 1. The van der Waals surface area contributed by atoms with Crippen molar-refractivity contribution in [3.05, 3.63) is 64.7 Å². The van der Waals surface area contributed by atoms with E-state index in [1.54, 1.807) is 36.4 Å². The zero-order chi connectivity index (χ0) is 22.4. The number of nitrogens with zero attached hydrogens (tertiary/aromatic N) is 2. The maximum Gasteiger partial charge on any atom is 0.272 e. The summed E-state index contributed by atoms with van der Waals surface area (Å²) in [6, 6.07) is 14.1. The van der Waals surface area contributed by atoms with Gasteiger partial charge in [-0.05, 0) is 35.2 Å². The highest BCUT2D eigenvalue weighted by Gasteiger charge is 2.44.